The van der Waals surface area contributed by atoms with Crippen LogP contribution >= 0.6 is 0 Å². The van der Waals surface area contributed by atoms with Gasteiger partial charge < -0.3 is 19.6 Å². The molecule has 3 rings (SSSR count). The summed E-state index contributed by atoms with van der Waals surface area (Å²) >= 11 is 0. The molecule has 1 N–H and O–H groups in total. The van der Waals surface area contributed by atoms with E-state index in [1.165, 1.54) is 5.56 Å². The first-order valence-electron chi connectivity index (χ1n) is 10.2. The lowest BCUT2D eigenvalue weighted by Crippen LogP contribution is -2.36. The lowest BCUT2D eigenvalue weighted by atomic mass is 10.1. The molecule has 5 heteroatoms. The molecule has 2 aromatic carbocycles. The zero-order chi connectivity index (χ0) is 21.5. The quantitative estimate of drug-likeness (QED) is 0.578. The molecule has 0 aliphatic rings. The summed E-state index contributed by atoms with van der Waals surface area (Å²) < 4.78 is 5.88. The Balaban J connectivity index is 1.67. The van der Waals surface area contributed by atoms with Crippen molar-refractivity contribution < 1.29 is 9.84 Å². The van der Waals surface area contributed by atoms with E-state index in [0.717, 1.165) is 28.4 Å². The van der Waals surface area contributed by atoms with E-state index in [1.54, 1.807) is 6.20 Å². The number of hydrogen-bond donors (Lipinski definition) is 1. The second-order valence-electron chi connectivity index (χ2n) is 7.86. The van der Waals surface area contributed by atoms with Crippen molar-refractivity contribution in [2.75, 3.05) is 37.0 Å². The minimum absolute atomic E-state index is 0.229. The van der Waals surface area contributed by atoms with Crippen LogP contribution in [0.4, 0.5) is 11.5 Å². The number of aliphatic hydroxyl groups is 1. The highest BCUT2D eigenvalue weighted by Gasteiger charge is 2.15. The van der Waals surface area contributed by atoms with Gasteiger partial charge >= 0.3 is 0 Å². The highest BCUT2D eigenvalue weighted by atomic mass is 16.5. The average molecular weight is 406 g/mol. The molecular formula is C25H31N3O2. The third-order valence-electron chi connectivity index (χ3n) is 4.99. The van der Waals surface area contributed by atoms with E-state index in [9.17, 15) is 5.11 Å². The first-order valence-corrected chi connectivity index (χ1v) is 10.2. The smallest absolute Gasteiger partial charge is 0.128 e. The van der Waals surface area contributed by atoms with Crippen LogP contribution in [0.15, 0.2) is 66.9 Å². The first-order chi connectivity index (χ1) is 14.4. The van der Waals surface area contributed by atoms with Crippen molar-refractivity contribution in [1.29, 1.82) is 0 Å². The van der Waals surface area contributed by atoms with E-state index < -0.39 is 6.10 Å². The van der Waals surface area contributed by atoms with Gasteiger partial charge in [0.1, 0.15) is 24.3 Å². The Kier molecular flexibility index (Phi) is 7.31. The molecular weight excluding hydrogens is 374 g/mol. The van der Waals surface area contributed by atoms with Crippen molar-refractivity contribution in [3.05, 3.63) is 83.6 Å². The summed E-state index contributed by atoms with van der Waals surface area (Å²) in [6, 6.07) is 20.3. The number of aliphatic hydroxyl groups excluding tert-OH is 1. The van der Waals surface area contributed by atoms with Gasteiger partial charge in [-0.05, 0) is 55.3 Å². The number of ether oxygens (including phenoxy) is 1. The van der Waals surface area contributed by atoms with Crippen molar-refractivity contribution in [3.63, 3.8) is 0 Å². The predicted octanol–water partition coefficient (Wildman–Crippen LogP) is 4.21. The van der Waals surface area contributed by atoms with Gasteiger partial charge in [0.15, 0.2) is 0 Å². The number of pyridine rings is 1. The molecule has 0 radical (unpaired) electrons. The van der Waals surface area contributed by atoms with Crippen molar-refractivity contribution in [3.8, 4) is 5.75 Å². The molecule has 0 saturated heterocycles. The fourth-order valence-electron chi connectivity index (χ4n) is 3.35. The van der Waals surface area contributed by atoms with Crippen LogP contribution in [0.5, 0.6) is 5.75 Å². The maximum atomic E-state index is 10.7. The Morgan fingerprint density at radius 1 is 1.00 bits per heavy atom. The van der Waals surface area contributed by atoms with Crippen LogP contribution in [-0.2, 0) is 6.54 Å². The summed E-state index contributed by atoms with van der Waals surface area (Å²) in [5.41, 5.74) is 4.59. The zero-order valence-electron chi connectivity index (χ0n) is 18.2. The molecule has 1 heterocycles. The van der Waals surface area contributed by atoms with Crippen LogP contribution in [0.3, 0.4) is 0 Å². The minimum Gasteiger partial charge on any atom is -0.491 e. The zero-order valence-corrected chi connectivity index (χ0v) is 18.2. The van der Waals surface area contributed by atoms with Gasteiger partial charge in [-0.3, -0.25) is 0 Å². The van der Waals surface area contributed by atoms with Gasteiger partial charge in [0, 0.05) is 39.1 Å². The Bertz CT molecular complexity index is 927. The number of rotatable bonds is 9. The van der Waals surface area contributed by atoms with E-state index in [4.69, 9.17) is 4.74 Å². The second-order valence-corrected chi connectivity index (χ2v) is 7.86. The average Bonchev–Trinajstić information content (AvgIpc) is 2.73. The summed E-state index contributed by atoms with van der Waals surface area (Å²) in [5, 5.41) is 10.7. The molecule has 0 fully saturated rings. The van der Waals surface area contributed by atoms with Crippen molar-refractivity contribution in [1.82, 2.24) is 4.98 Å². The SMILES string of the molecule is Cc1ccc(OCC(O)CN(Cc2ccc(N(C)C)cc2)c2ccccn2)c(C)c1. The van der Waals surface area contributed by atoms with Crippen LogP contribution in [0.25, 0.3) is 0 Å². The largest absolute Gasteiger partial charge is 0.491 e. The van der Waals surface area contributed by atoms with Gasteiger partial charge in [-0.25, -0.2) is 4.98 Å². The number of benzene rings is 2. The normalized spacial score (nSPS) is 11.8. The molecule has 0 aliphatic carbocycles. The molecule has 0 amide bonds. The lowest BCUT2D eigenvalue weighted by Gasteiger charge is -2.27. The first kappa shape index (κ1) is 21.7. The van der Waals surface area contributed by atoms with Crippen molar-refractivity contribution in [2.24, 2.45) is 0 Å². The molecule has 0 bridgehead atoms. The van der Waals surface area contributed by atoms with Crippen molar-refractivity contribution in [2.45, 2.75) is 26.5 Å². The lowest BCUT2D eigenvalue weighted by molar-refractivity contribution is 0.111. The molecule has 0 saturated carbocycles. The molecule has 1 aromatic heterocycles. The van der Waals surface area contributed by atoms with E-state index in [0.29, 0.717) is 13.1 Å². The molecule has 1 atom stereocenters. The standard InChI is InChI=1S/C25H31N3O2/c1-19-8-13-24(20(2)15-19)30-18-23(29)17-28(25-7-5-6-14-26-25)16-21-9-11-22(12-10-21)27(3)4/h5-15,23,29H,16-18H2,1-4H3. The van der Waals surface area contributed by atoms with Gasteiger partial charge in [0.25, 0.3) is 0 Å². The third kappa shape index (κ3) is 5.97. The fraction of sp³-hybridized carbons (Fsp3) is 0.320. The fourth-order valence-corrected chi connectivity index (χ4v) is 3.35. The Labute approximate surface area is 179 Å². The maximum Gasteiger partial charge on any atom is 0.128 e. The molecule has 30 heavy (non-hydrogen) atoms. The number of nitrogens with zero attached hydrogens (tertiary/aromatic N) is 3. The van der Waals surface area contributed by atoms with Gasteiger partial charge in [-0.2, -0.15) is 0 Å². The summed E-state index contributed by atoms with van der Waals surface area (Å²) in [7, 11) is 4.06. The topological polar surface area (TPSA) is 48.8 Å². The van der Waals surface area contributed by atoms with Crippen LogP contribution in [0.1, 0.15) is 16.7 Å². The number of hydrogen-bond acceptors (Lipinski definition) is 5. The molecule has 1 unspecified atom stereocenters. The van der Waals surface area contributed by atoms with Crippen LogP contribution < -0.4 is 14.5 Å². The van der Waals surface area contributed by atoms with Crippen molar-refractivity contribution >= 4 is 11.5 Å². The Morgan fingerprint density at radius 2 is 1.77 bits per heavy atom. The molecule has 0 aliphatic heterocycles. The summed E-state index contributed by atoms with van der Waals surface area (Å²) in [4.78, 5) is 8.64. The second kappa shape index (κ2) is 10.1. The molecule has 5 nitrogen and oxygen atoms in total. The van der Waals surface area contributed by atoms with E-state index in [-0.39, 0.29) is 6.61 Å². The van der Waals surface area contributed by atoms with Gasteiger partial charge in [-0.15, -0.1) is 0 Å². The predicted molar refractivity (Wildman–Crippen MR) is 123 cm³/mol. The molecule has 3 aromatic rings. The highest BCUT2D eigenvalue weighted by Crippen LogP contribution is 2.20. The number of aryl methyl sites for hydroxylation is 2. The minimum atomic E-state index is -0.645. The molecule has 0 spiro atoms. The Morgan fingerprint density at radius 3 is 2.40 bits per heavy atom. The number of aromatic nitrogens is 1. The summed E-state index contributed by atoms with van der Waals surface area (Å²) in [6.07, 6.45) is 1.13. The molecule has 158 valence electrons. The third-order valence-corrected chi connectivity index (χ3v) is 4.99. The Hall–Kier alpha value is -3.05. The van der Waals surface area contributed by atoms with Crippen LogP contribution in [0, 0.1) is 13.8 Å². The van der Waals surface area contributed by atoms with Crippen LogP contribution in [-0.4, -0.2) is 43.4 Å². The van der Waals surface area contributed by atoms with Gasteiger partial charge in [0.05, 0.1) is 0 Å². The summed E-state index contributed by atoms with van der Waals surface area (Å²) in [5.74, 6) is 1.64. The van der Waals surface area contributed by atoms with E-state index in [1.807, 2.05) is 51.4 Å². The monoisotopic (exact) mass is 405 g/mol. The van der Waals surface area contributed by atoms with Gasteiger partial charge in [0.2, 0.25) is 0 Å². The van der Waals surface area contributed by atoms with Gasteiger partial charge in [-0.1, -0.05) is 35.9 Å². The van der Waals surface area contributed by atoms with E-state index >= 15 is 0 Å². The van der Waals surface area contributed by atoms with E-state index in [2.05, 4.69) is 52.0 Å². The van der Waals surface area contributed by atoms with Crippen LogP contribution in [0.2, 0.25) is 0 Å². The summed E-state index contributed by atoms with van der Waals surface area (Å²) in [6.45, 7) is 5.39. The highest BCUT2D eigenvalue weighted by molar-refractivity contribution is 5.47. The maximum absolute atomic E-state index is 10.7. The number of anilines is 2.